The second kappa shape index (κ2) is 8.18. The SMILES string of the molecule is CNS(=O)(=O)c1ccc(-c2nc(Nc3ccc(S(N)(=O)=O)cc3)sc2CO)cc1. The van der Waals surface area contributed by atoms with Crippen LogP contribution in [0.3, 0.4) is 0 Å². The normalized spacial score (nSPS) is 12.1. The van der Waals surface area contributed by atoms with Gasteiger partial charge in [-0.2, -0.15) is 0 Å². The van der Waals surface area contributed by atoms with Gasteiger partial charge in [-0.25, -0.2) is 31.7 Å². The summed E-state index contributed by atoms with van der Waals surface area (Å²) in [6, 6.07) is 12.0. The standard InChI is InChI=1S/C17H18N4O5S3/c1-19-29(25,26)14-6-2-11(3-7-14)16-15(10-22)27-17(21-16)20-12-4-8-13(9-5-12)28(18,23)24/h2-9,19,22H,10H2,1H3,(H,20,21)(H2,18,23,24). The number of aromatic nitrogens is 1. The van der Waals surface area contributed by atoms with Crippen LogP contribution in [-0.4, -0.2) is 34.0 Å². The van der Waals surface area contributed by atoms with E-state index in [0.29, 0.717) is 27.0 Å². The molecule has 3 rings (SSSR count). The predicted octanol–water partition coefficient (Wildman–Crippen LogP) is 1.60. The minimum atomic E-state index is -3.77. The van der Waals surface area contributed by atoms with Gasteiger partial charge in [-0.3, -0.25) is 0 Å². The molecule has 0 saturated carbocycles. The number of hydrogen-bond acceptors (Lipinski definition) is 8. The molecule has 2 aromatic carbocycles. The minimum Gasteiger partial charge on any atom is -0.391 e. The molecule has 0 atom stereocenters. The van der Waals surface area contributed by atoms with Crippen molar-refractivity contribution in [2.24, 2.45) is 5.14 Å². The molecule has 0 aliphatic rings. The van der Waals surface area contributed by atoms with Gasteiger partial charge in [-0.15, -0.1) is 0 Å². The highest BCUT2D eigenvalue weighted by atomic mass is 32.2. The first-order valence-corrected chi connectivity index (χ1v) is 12.0. The maximum absolute atomic E-state index is 11.8. The number of aliphatic hydroxyl groups excluding tert-OH is 1. The van der Waals surface area contributed by atoms with Crippen molar-refractivity contribution in [3.8, 4) is 11.3 Å². The molecule has 0 fully saturated rings. The van der Waals surface area contributed by atoms with Crippen LogP contribution in [0, 0.1) is 0 Å². The lowest BCUT2D eigenvalue weighted by molar-refractivity contribution is 0.286. The number of primary sulfonamides is 1. The summed E-state index contributed by atoms with van der Waals surface area (Å²) >= 11 is 1.23. The monoisotopic (exact) mass is 454 g/mol. The first-order chi connectivity index (χ1) is 13.6. The number of nitrogens with two attached hydrogens (primary N) is 1. The van der Waals surface area contributed by atoms with Crippen molar-refractivity contribution < 1.29 is 21.9 Å². The highest BCUT2D eigenvalue weighted by molar-refractivity contribution is 7.89. The number of nitrogens with zero attached hydrogens (tertiary/aromatic N) is 1. The fourth-order valence-electron chi connectivity index (χ4n) is 2.50. The number of thiazole rings is 1. The fraction of sp³-hybridized carbons (Fsp3) is 0.118. The third-order valence-electron chi connectivity index (χ3n) is 3.98. The van der Waals surface area contributed by atoms with Crippen molar-refractivity contribution in [1.82, 2.24) is 9.71 Å². The lowest BCUT2D eigenvalue weighted by Gasteiger charge is -2.05. The molecule has 0 unspecified atom stereocenters. The van der Waals surface area contributed by atoms with Crippen molar-refractivity contribution in [2.75, 3.05) is 12.4 Å². The Labute approximate surface area is 172 Å². The van der Waals surface area contributed by atoms with Gasteiger partial charge in [0.1, 0.15) is 0 Å². The largest absolute Gasteiger partial charge is 0.391 e. The van der Waals surface area contributed by atoms with E-state index in [4.69, 9.17) is 5.14 Å². The van der Waals surface area contributed by atoms with Crippen molar-refractivity contribution >= 4 is 42.2 Å². The lowest BCUT2D eigenvalue weighted by atomic mass is 10.1. The lowest BCUT2D eigenvalue weighted by Crippen LogP contribution is -2.18. The van der Waals surface area contributed by atoms with Gasteiger partial charge in [0.15, 0.2) is 5.13 Å². The highest BCUT2D eigenvalue weighted by Crippen LogP contribution is 2.33. The summed E-state index contributed by atoms with van der Waals surface area (Å²) in [5, 5.41) is 18.3. The summed E-state index contributed by atoms with van der Waals surface area (Å²) in [6.07, 6.45) is 0. The Kier molecular flexibility index (Phi) is 6.03. The summed E-state index contributed by atoms with van der Waals surface area (Å²) < 4.78 is 48.6. The smallest absolute Gasteiger partial charge is 0.240 e. The van der Waals surface area contributed by atoms with Gasteiger partial charge in [0.25, 0.3) is 0 Å². The zero-order valence-electron chi connectivity index (χ0n) is 15.2. The third-order valence-corrected chi connectivity index (χ3v) is 7.30. The molecule has 154 valence electrons. The molecule has 29 heavy (non-hydrogen) atoms. The molecule has 12 heteroatoms. The molecule has 5 N–H and O–H groups in total. The van der Waals surface area contributed by atoms with Crippen molar-refractivity contribution in [3.05, 3.63) is 53.4 Å². The van der Waals surface area contributed by atoms with E-state index in [2.05, 4.69) is 15.0 Å². The zero-order chi connectivity index (χ0) is 21.2. The molecule has 0 radical (unpaired) electrons. The number of rotatable bonds is 7. The van der Waals surface area contributed by atoms with E-state index < -0.39 is 20.0 Å². The summed E-state index contributed by atoms with van der Waals surface area (Å²) in [7, 11) is -5.98. The van der Waals surface area contributed by atoms with Gasteiger partial charge in [0, 0.05) is 11.3 Å². The molecule has 9 nitrogen and oxygen atoms in total. The van der Waals surface area contributed by atoms with Crippen LogP contribution >= 0.6 is 11.3 Å². The fourth-order valence-corrected chi connectivity index (χ4v) is 4.61. The summed E-state index contributed by atoms with van der Waals surface area (Å²) in [6.45, 7) is -0.240. The zero-order valence-corrected chi connectivity index (χ0v) is 17.6. The molecule has 0 bridgehead atoms. The molecule has 0 aliphatic heterocycles. The number of anilines is 2. The van der Waals surface area contributed by atoms with Crippen molar-refractivity contribution in [3.63, 3.8) is 0 Å². The summed E-state index contributed by atoms with van der Waals surface area (Å²) in [5.41, 5.74) is 1.77. The van der Waals surface area contributed by atoms with Crippen LogP contribution in [0.4, 0.5) is 10.8 Å². The van der Waals surface area contributed by atoms with E-state index in [9.17, 15) is 21.9 Å². The Morgan fingerprint density at radius 3 is 2.10 bits per heavy atom. The molecular weight excluding hydrogens is 436 g/mol. The van der Waals surface area contributed by atoms with Gasteiger partial charge in [-0.05, 0) is 43.4 Å². The van der Waals surface area contributed by atoms with Crippen LogP contribution in [0.15, 0.2) is 58.3 Å². The van der Waals surface area contributed by atoms with Gasteiger partial charge >= 0.3 is 0 Å². The van der Waals surface area contributed by atoms with Crippen LogP contribution in [0.1, 0.15) is 4.88 Å². The molecule has 0 spiro atoms. The van der Waals surface area contributed by atoms with Gasteiger partial charge in [-0.1, -0.05) is 23.5 Å². The Bertz CT molecular complexity index is 1220. The number of aliphatic hydroxyl groups is 1. The maximum atomic E-state index is 11.8. The average molecular weight is 455 g/mol. The number of sulfonamides is 2. The topological polar surface area (TPSA) is 151 Å². The second-order valence-electron chi connectivity index (χ2n) is 5.88. The molecule has 0 saturated heterocycles. The number of nitrogens with one attached hydrogen (secondary N) is 2. The quantitative estimate of drug-likeness (QED) is 0.423. The van der Waals surface area contributed by atoms with Gasteiger partial charge in [0.05, 0.1) is 27.0 Å². The molecule has 0 amide bonds. The third kappa shape index (κ3) is 4.80. The van der Waals surface area contributed by atoms with Gasteiger partial charge in [0.2, 0.25) is 20.0 Å². The van der Waals surface area contributed by atoms with E-state index in [1.165, 1.54) is 42.6 Å². The first kappa shape index (κ1) is 21.4. The maximum Gasteiger partial charge on any atom is 0.240 e. The predicted molar refractivity (Wildman–Crippen MR) is 111 cm³/mol. The molecule has 1 aromatic heterocycles. The van der Waals surface area contributed by atoms with Crippen LogP contribution in [0.2, 0.25) is 0 Å². The van der Waals surface area contributed by atoms with E-state index in [1.54, 1.807) is 24.3 Å². The van der Waals surface area contributed by atoms with Crippen LogP contribution < -0.4 is 15.2 Å². The van der Waals surface area contributed by atoms with E-state index in [0.717, 1.165) is 0 Å². The second-order valence-corrected chi connectivity index (χ2v) is 10.4. The molecular formula is C17H18N4O5S3. The van der Waals surface area contributed by atoms with Crippen molar-refractivity contribution in [2.45, 2.75) is 16.4 Å². The molecule has 1 heterocycles. The van der Waals surface area contributed by atoms with Crippen LogP contribution in [0.25, 0.3) is 11.3 Å². The Morgan fingerprint density at radius 1 is 1.00 bits per heavy atom. The average Bonchev–Trinajstić information content (AvgIpc) is 3.10. The number of hydrogen-bond donors (Lipinski definition) is 4. The summed E-state index contributed by atoms with van der Waals surface area (Å²) in [4.78, 5) is 5.18. The Morgan fingerprint density at radius 2 is 1.59 bits per heavy atom. The molecule has 3 aromatic rings. The first-order valence-electron chi connectivity index (χ1n) is 8.18. The highest BCUT2D eigenvalue weighted by Gasteiger charge is 2.16. The Balaban J connectivity index is 1.88. The molecule has 0 aliphatic carbocycles. The summed E-state index contributed by atoms with van der Waals surface area (Å²) in [5.74, 6) is 0. The number of benzene rings is 2. The van der Waals surface area contributed by atoms with E-state index in [1.807, 2.05) is 0 Å². The van der Waals surface area contributed by atoms with Crippen LogP contribution in [0.5, 0.6) is 0 Å². The van der Waals surface area contributed by atoms with Crippen LogP contribution in [-0.2, 0) is 26.7 Å². The van der Waals surface area contributed by atoms with Gasteiger partial charge < -0.3 is 10.4 Å². The Hall–Kier alpha value is -2.35. The minimum absolute atomic E-state index is 0.00413. The van der Waals surface area contributed by atoms with E-state index >= 15 is 0 Å². The van der Waals surface area contributed by atoms with Crippen molar-refractivity contribution in [1.29, 1.82) is 0 Å². The van der Waals surface area contributed by atoms with E-state index in [-0.39, 0.29) is 16.4 Å².